The molecule has 52 valence electrons. The van der Waals surface area contributed by atoms with Gasteiger partial charge in [-0.1, -0.05) is 5.92 Å². The van der Waals surface area contributed by atoms with Gasteiger partial charge in [0.05, 0.1) is 0 Å². The molecule has 0 bridgehead atoms. The van der Waals surface area contributed by atoms with Gasteiger partial charge in [0.2, 0.25) is 0 Å². The van der Waals surface area contributed by atoms with Crippen LogP contribution < -0.4 is 0 Å². The molecule has 1 aromatic heterocycles. The van der Waals surface area contributed by atoms with E-state index < -0.39 is 0 Å². The molecule has 0 aliphatic carbocycles. The van der Waals surface area contributed by atoms with Crippen molar-refractivity contribution in [3.05, 3.63) is 15.3 Å². The third kappa shape index (κ3) is 1.61. The largest absolute Gasteiger partial charge is 0.245 e. The van der Waals surface area contributed by atoms with Crippen molar-refractivity contribution in [2.24, 2.45) is 0 Å². The molecule has 0 fully saturated rings. The maximum atomic E-state index is 5.09. The first-order chi connectivity index (χ1) is 4.74. The van der Waals surface area contributed by atoms with Gasteiger partial charge in [-0.3, -0.25) is 0 Å². The lowest BCUT2D eigenvalue weighted by molar-refractivity contribution is 0.694. The molecule has 0 saturated carbocycles. The van der Waals surface area contributed by atoms with Gasteiger partial charge in [0.1, 0.15) is 15.8 Å². The van der Waals surface area contributed by atoms with Gasteiger partial charge in [-0.25, -0.2) is 4.68 Å². The van der Waals surface area contributed by atoms with Crippen LogP contribution >= 0.6 is 31.9 Å². The van der Waals surface area contributed by atoms with Gasteiger partial charge in [-0.2, -0.15) is 5.10 Å². The lowest BCUT2D eigenvalue weighted by Gasteiger charge is -1.92. The predicted molar refractivity (Wildman–Crippen MR) is 46.5 cm³/mol. The first kappa shape index (κ1) is 7.83. The van der Waals surface area contributed by atoms with Crippen LogP contribution in [-0.4, -0.2) is 9.78 Å². The van der Waals surface area contributed by atoms with Crippen molar-refractivity contribution in [2.45, 2.75) is 6.54 Å². The van der Waals surface area contributed by atoms with Crippen LogP contribution in [0.5, 0.6) is 0 Å². The third-order valence-electron chi connectivity index (χ3n) is 0.942. The van der Waals surface area contributed by atoms with Crippen molar-refractivity contribution < 1.29 is 0 Å². The number of nitrogens with zero attached hydrogens (tertiary/aromatic N) is 2. The highest BCUT2D eigenvalue weighted by atomic mass is 79.9. The van der Waals surface area contributed by atoms with Gasteiger partial charge in [0, 0.05) is 6.07 Å². The first-order valence-corrected chi connectivity index (χ1v) is 4.15. The molecule has 1 aromatic rings. The number of aromatic nitrogens is 2. The van der Waals surface area contributed by atoms with E-state index in [1.54, 1.807) is 4.68 Å². The van der Waals surface area contributed by atoms with E-state index in [0.29, 0.717) is 6.54 Å². The van der Waals surface area contributed by atoms with Crippen LogP contribution in [0.1, 0.15) is 0 Å². The molecule has 0 aliphatic rings. The molecule has 0 atom stereocenters. The van der Waals surface area contributed by atoms with Crippen LogP contribution in [-0.2, 0) is 6.54 Å². The number of halogens is 2. The Labute approximate surface area is 75.9 Å². The number of hydrogen-bond donors (Lipinski definition) is 0. The third-order valence-corrected chi connectivity index (χ3v) is 1.97. The molecule has 0 N–H and O–H groups in total. The van der Waals surface area contributed by atoms with E-state index in [1.807, 2.05) is 6.07 Å². The minimum absolute atomic E-state index is 0.492. The maximum absolute atomic E-state index is 5.09. The summed E-state index contributed by atoms with van der Waals surface area (Å²) in [5.74, 6) is 2.49. The monoisotopic (exact) mass is 262 g/mol. The SMILES string of the molecule is C#CCn1nc(Br)cc1Br. The highest BCUT2D eigenvalue weighted by molar-refractivity contribution is 9.11. The summed E-state index contributed by atoms with van der Waals surface area (Å²) in [6.45, 7) is 0.492. The summed E-state index contributed by atoms with van der Waals surface area (Å²) >= 11 is 6.52. The van der Waals surface area contributed by atoms with Crippen molar-refractivity contribution in [3.63, 3.8) is 0 Å². The maximum Gasteiger partial charge on any atom is 0.129 e. The van der Waals surface area contributed by atoms with E-state index in [9.17, 15) is 0 Å². The minimum atomic E-state index is 0.492. The minimum Gasteiger partial charge on any atom is -0.245 e. The molecule has 0 amide bonds. The smallest absolute Gasteiger partial charge is 0.129 e. The van der Waals surface area contributed by atoms with E-state index in [-0.39, 0.29) is 0 Å². The second-order valence-corrected chi connectivity index (χ2v) is 3.28. The Kier molecular flexibility index (Phi) is 2.52. The quantitative estimate of drug-likeness (QED) is 0.709. The highest BCUT2D eigenvalue weighted by Gasteiger charge is 1.99. The number of rotatable bonds is 1. The molecular weight excluding hydrogens is 260 g/mol. The molecule has 0 spiro atoms. The Balaban J connectivity index is 2.94. The zero-order valence-electron chi connectivity index (χ0n) is 5.01. The fourth-order valence-electron chi connectivity index (χ4n) is 0.562. The fraction of sp³-hybridized carbons (Fsp3) is 0.167. The summed E-state index contributed by atoms with van der Waals surface area (Å²) in [4.78, 5) is 0. The second kappa shape index (κ2) is 3.22. The standard InChI is InChI=1S/C6H4Br2N2/c1-2-3-10-6(8)4-5(7)9-10/h1,4H,3H2. The van der Waals surface area contributed by atoms with Crippen molar-refractivity contribution >= 4 is 31.9 Å². The first-order valence-electron chi connectivity index (χ1n) is 2.56. The van der Waals surface area contributed by atoms with Crippen molar-refractivity contribution in [3.8, 4) is 12.3 Å². The summed E-state index contributed by atoms with van der Waals surface area (Å²) in [5.41, 5.74) is 0. The van der Waals surface area contributed by atoms with Crippen LogP contribution in [0.2, 0.25) is 0 Å². The van der Waals surface area contributed by atoms with E-state index in [0.717, 1.165) is 9.21 Å². The summed E-state index contributed by atoms with van der Waals surface area (Å²) in [7, 11) is 0. The fourth-order valence-corrected chi connectivity index (χ4v) is 1.70. The molecule has 4 heteroatoms. The Hall–Kier alpha value is -0.270. The molecule has 0 aromatic carbocycles. The molecule has 1 rings (SSSR count). The average molecular weight is 264 g/mol. The molecule has 2 nitrogen and oxygen atoms in total. The topological polar surface area (TPSA) is 17.8 Å². The predicted octanol–water partition coefficient (Wildman–Crippen LogP) is 2.04. The molecular formula is C6H4Br2N2. The normalized spacial score (nSPS) is 9.30. The van der Waals surface area contributed by atoms with Gasteiger partial charge in [0.15, 0.2) is 0 Å². The molecule has 1 heterocycles. The Bertz CT molecular complexity index is 272. The van der Waals surface area contributed by atoms with Gasteiger partial charge in [0.25, 0.3) is 0 Å². The van der Waals surface area contributed by atoms with Crippen molar-refractivity contribution in [1.82, 2.24) is 9.78 Å². The van der Waals surface area contributed by atoms with E-state index in [1.165, 1.54) is 0 Å². The Morgan fingerprint density at radius 2 is 2.40 bits per heavy atom. The Morgan fingerprint density at radius 3 is 2.80 bits per heavy atom. The number of terminal acetylenes is 1. The summed E-state index contributed by atoms with van der Waals surface area (Å²) in [6, 6.07) is 1.84. The van der Waals surface area contributed by atoms with Gasteiger partial charge >= 0.3 is 0 Å². The summed E-state index contributed by atoms with van der Waals surface area (Å²) in [5, 5.41) is 4.04. The highest BCUT2D eigenvalue weighted by Crippen LogP contribution is 2.15. The molecule has 0 aliphatic heterocycles. The van der Waals surface area contributed by atoms with Crippen LogP contribution in [0.15, 0.2) is 15.3 Å². The van der Waals surface area contributed by atoms with Gasteiger partial charge < -0.3 is 0 Å². The summed E-state index contributed by atoms with van der Waals surface area (Å²) in [6.07, 6.45) is 5.09. The second-order valence-electron chi connectivity index (χ2n) is 1.65. The van der Waals surface area contributed by atoms with Crippen molar-refractivity contribution in [1.29, 1.82) is 0 Å². The van der Waals surface area contributed by atoms with Gasteiger partial charge in [-0.05, 0) is 31.9 Å². The lowest BCUT2D eigenvalue weighted by atomic mass is 10.7. The van der Waals surface area contributed by atoms with Crippen LogP contribution in [0, 0.1) is 12.3 Å². The van der Waals surface area contributed by atoms with Crippen LogP contribution in [0.3, 0.4) is 0 Å². The van der Waals surface area contributed by atoms with Crippen LogP contribution in [0.25, 0.3) is 0 Å². The van der Waals surface area contributed by atoms with Crippen LogP contribution in [0.4, 0.5) is 0 Å². The Morgan fingerprint density at radius 1 is 1.70 bits per heavy atom. The van der Waals surface area contributed by atoms with Crippen molar-refractivity contribution in [2.75, 3.05) is 0 Å². The molecule has 0 saturated heterocycles. The zero-order chi connectivity index (χ0) is 7.56. The van der Waals surface area contributed by atoms with E-state index in [2.05, 4.69) is 42.9 Å². The average Bonchev–Trinajstić information content (AvgIpc) is 2.13. The number of hydrogen-bond acceptors (Lipinski definition) is 1. The molecule has 10 heavy (non-hydrogen) atoms. The van der Waals surface area contributed by atoms with Gasteiger partial charge in [-0.15, -0.1) is 6.42 Å². The lowest BCUT2D eigenvalue weighted by Crippen LogP contribution is -1.96. The molecule has 0 radical (unpaired) electrons. The molecule has 0 unspecified atom stereocenters. The summed E-state index contributed by atoms with van der Waals surface area (Å²) < 4.78 is 3.36. The zero-order valence-corrected chi connectivity index (χ0v) is 8.18. The van der Waals surface area contributed by atoms with E-state index in [4.69, 9.17) is 6.42 Å². The van der Waals surface area contributed by atoms with E-state index >= 15 is 0 Å².